The first-order chi connectivity index (χ1) is 13.4. The minimum Gasteiger partial charge on any atom is -0.439 e. The van der Waals surface area contributed by atoms with Crippen molar-refractivity contribution in [2.75, 3.05) is 17.7 Å². The van der Waals surface area contributed by atoms with Crippen LogP contribution in [0.1, 0.15) is 15.9 Å². The molecule has 3 aromatic rings. The molecule has 0 unspecified atom stereocenters. The molecule has 0 fully saturated rings. The van der Waals surface area contributed by atoms with Crippen molar-refractivity contribution in [3.8, 4) is 11.6 Å². The molecule has 0 radical (unpaired) electrons. The highest BCUT2D eigenvalue weighted by atomic mass is 19.4. The van der Waals surface area contributed by atoms with Crippen LogP contribution in [0.5, 0.6) is 11.6 Å². The molecule has 8 heteroatoms. The Morgan fingerprint density at radius 1 is 0.964 bits per heavy atom. The lowest BCUT2D eigenvalue weighted by molar-refractivity contribution is -0.137. The molecule has 2 aromatic carbocycles. The standard InChI is InChI=1S/C20H16F3N3O2/c1-24-13-6-9-15(10-7-13)28-18-11-8-14(12-25-18)26-19(27)16-4-2-3-5-17(16)20(21,22)23/h2-12,24H,1H3,(H,26,27). The third-order valence-corrected chi connectivity index (χ3v) is 3.84. The largest absolute Gasteiger partial charge is 0.439 e. The Bertz CT molecular complexity index is 956. The molecular formula is C20H16F3N3O2. The summed E-state index contributed by atoms with van der Waals surface area (Å²) < 4.78 is 44.7. The van der Waals surface area contributed by atoms with Crippen LogP contribution >= 0.6 is 0 Å². The number of benzene rings is 2. The van der Waals surface area contributed by atoms with E-state index in [4.69, 9.17) is 4.74 Å². The van der Waals surface area contributed by atoms with Crippen LogP contribution in [0.3, 0.4) is 0 Å². The van der Waals surface area contributed by atoms with E-state index in [1.54, 1.807) is 19.2 Å². The van der Waals surface area contributed by atoms with Crippen molar-refractivity contribution < 1.29 is 22.7 Å². The van der Waals surface area contributed by atoms with Crippen LogP contribution in [0.25, 0.3) is 0 Å². The van der Waals surface area contributed by atoms with Crippen LogP contribution in [0.4, 0.5) is 24.5 Å². The van der Waals surface area contributed by atoms with Gasteiger partial charge in [-0.3, -0.25) is 4.79 Å². The van der Waals surface area contributed by atoms with Crippen LogP contribution < -0.4 is 15.4 Å². The van der Waals surface area contributed by atoms with E-state index in [1.165, 1.54) is 30.5 Å². The van der Waals surface area contributed by atoms with Crippen molar-refractivity contribution in [3.05, 3.63) is 78.0 Å². The smallest absolute Gasteiger partial charge is 0.417 e. The average Bonchev–Trinajstić information content (AvgIpc) is 2.69. The number of hydrogen-bond donors (Lipinski definition) is 2. The van der Waals surface area contributed by atoms with Crippen molar-refractivity contribution in [2.45, 2.75) is 6.18 Å². The normalized spacial score (nSPS) is 11.0. The van der Waals surface area contributed by atoms with Crippen LogP contribution in [-0.2, 0) is 6.18 Å². The van der Waals surface area contributed by atoms with Gasteiger partial charge in [-0.05, 0) is 42.5 Å². The third-order valence-electron chi connectivity index (χ3n) is 3.84. The molecule has 0 aliphatic heterocycles. The number of anilines is 2. The molecule has 0 bridgehead atoms. The second-order valence-electron chi connectivity index (χ2n) is 5.76. The highest BCUT2D eigenvalue weighted by Gasteiger charge is 2.34. The summed E-state index contributed by atoms with van der Waals surface area (Å²) in [7, 11) is 1.80. The molecule has 1 amide bonds. The second kappa shape index (κ2) is 7.99. The minimum absolute atomic E-state index is 0.250. The van der Waals surface area contributed by atoms with E-state index in [-0.39, 0.29) is 11.6 Å². The Balaban J connectivity index is 1.70. The molecule has 1 aromatic heterocycles. The van der Waals surface area contributed by atoms with E-state index < -0.39 is 23.2 Å². The molecule has 28 heavy (non-hydrogen) atoms. The third kappa shape index (κ3) is 4.59. The first kappa shape index (κ1) is 19.2. The number of rotatable bonds is 5. The molecule has 0 saturated carbocycles. The zero-order valence-electron chi connectivity index (χ0n) is 14.7. The molecule has 0 atom stereocenters. The van der Waals surface area contributed by atoms with Gasteiger partial charge in [-0.15, -0.1) is 0 Å². The molecule has 0 saturated heterocycles. The van der Waals surface area contributed by atoms with Gasteiger partial charge >= 0.3 is 6.18 Å². The molecule has 0 aliphatic rings. The van der Waals surface area contributed by atoms with Gasteiger partial charge in [-0.25, -0.2) is 4.98 Å². The lowest BCUT2D eigenvalue weighted by Gasteiger charge is -2.12. The van der Waals surface area contributed by atoms with E-state index >= 15 is 0 Å². The Labute approximate surface area is 159 Å². The number of carbonyl (C=O) groups is 1. The fraction of sp³-hybridized carbons (Fsp3) is 0.100. The fourth-order valence-electron chi connectivity index (χ4n) is 2.45. The number of alkyl halides is 3. The molecule has 0 spiro atoms. The summed E-state index contributed by atoms with van der Waals surface area (Å²) >= 11 is 0. The molecule has 1 heterocycles. The van der Waals surface area contributed by atoms with Crippen molar-refractivity contribution in [1.29, 1.82) is 0 Å². The van der Waals surface area contributed by atoms with Gasteiger partial charge in [-0.2, -0.15) is 13.2 Å². The van der Waals surface area contributed by atoms with E-state index in [0.29, 0.717) is 5.75 Å². The van der Waals surface area contributed by atoms with Crippen LogP contribution in [-0.4, -0.2) is 17.9 Å². The monoisotopic (exact) mass is 387 g/mol. The highest BCUT2D eigenvalue weighted by molar-refractivity contribution is 6.05. The number of carbonyl (C=O) groups excluding carboxylic acids is 1. The zero-order valence-corrected chi connectivity index (χ0v) is 14.7. The van der Waals surface area contributed by atoms with Gasteiger partial charge in [0.2, 0.25) is 5.88 Å². The Morgan fingerprint density at radius 3 is 2.25 bits per heavy atom. The van der Waals surface area contributed by atoms with Crippen molar-refractivity contribution >= 4 is 17.3 Å². The lowest BCUT2D eigenvalue weighted by Crippen LogP contribution is -2.18. The molecular weight excluding hydrogens is 371 g/mol. The number of halogens is 3. The van der Waals surface area contributed by atoms with Crippen LogP contribution in [0.2, 0.25) is 0 Å². The first-order valence-electron chi connectivity index (χ1n) is 8.26. The van der Waals surface area contributed by atoms with Crippen molar-refractivity contribution in [2.24, 2.45) is 0 Å². The van der Waals surface area contributed by atoms with Crippen molar-refractivity contribution in [1.82, 2.24) is 4.98 Å². The maximum atomic E-state index is 13.0. The van der Waals surface area contributed by atoms with E-state index in [2.05, 4.69) is 15.6 Å². The summed E-state index contributed by atoms with van der Waals surface area (Å²) in [6.45, 7) is 0. The summed E-state index contributed by atoms with van der Waals surface area (Å²) in [4.78, 5) is 16.3. The number of ether oxygens (including phenoxy) is 1. The second-order valence-corrected chi connectivity index (χ2v) is 5.76. The quantitative estimate of drug-likeness (QED) is 0.633. The van der Waals surface area contributed by atoms with Crippen LogP contribution in [0.15, 0.2) is 66.9 Å². The van der Waals surface area contributed by atoms with Gasteiger partial charge in [-0.1, -0.05) is 12.1 Å². The van der Waals surface area contributed by atoms with Gasteiger partial charge in [0.25, 0.3) is 5.91 Å². The lowest BCUT2D eigenvalue weighted by atomic mass is 10.1. The molecule has 144 valence electrons. The van der Waals surface area contributed by atoms with E-state index in [0.717, 1.165) is 17.8 Å². The fourth-order valence-corrected chi connectivity index (χ4v) is 2.45. The molecule has 2 N–H and O–H groups in total. The van der Waals surface area contributed by atoms with Gasteiger partial charge < -0.3 is 15.4 Å². The van der Waals surface area contributed by atoms with Gasteiger partial charge in [0.15, 0.2) is 0 Å². The SMILES string of the molecule is CNc1ccc(Oc2ccc(NC(=O)c3ccccc3C(F)(F)F)cn2)cc1. The van der Waals surface area contributed by atoms with Gasteiger partial charge in [0.05, 0.1) is 23.0 Å². The Kier molecular flexibility index (Phi) is 5.49. The summed E-state index contributed by atoms with van der Waals surface area (Å²) in [5, 5.41) is 5.40. The number of nitrogens with one attached hydrogen (secondary N) is 2. The number of nitrogens with zero attached hydrogens (tertiary/aromatic N) is 1. The summed E-state index contributed by atoms with van der Waals surface area (Å²) in [6.07, 6.45) is -3.31. The molecule has 3 rings (SSSR count). The average molecular weight is 387 g/mol. The Hall–Kier alpha value is -3.55. The summed E-state index contributed by atoms with van der Waals surface area (Å²) in [6, 6.07) is 14.8. The van der Waals surface area contributed by atoms with E-state index in [1.807, 2.05) is 12.1 Å². The number of hydrogen-bond acceptors (Lipinski definition) is 4. The summed E-state index contributed by atoms with van der Waals surface area (Å²) in [5.41, 5.74) is -0.275. The molecule has 5 nitrogen and oxygen atoms in total. The topological polar surface area (TPSA) is 63.2 Å². The minimum atomic E-state index is -4.62. The zero-order chi connectivity index (χ0) is 20.1. The van der Waals surface area contributed by atoms with E-state index in [9.17, 15) is 18.0 Å². The van der Waals surface area contributed by atoms with Gasteiger partial charge in [0.1, 0.15) is 5.75 Å². The summed E-state index contributed by atoms with van der Waals surface area (Å²) in [5.74, 6) is -0.0145. The number of pyridine rings is 1. The predicted molar refractivity (Wildman–Crippen MR) is 99.7 cm³/mol. The maximum absolute atomic E-state index is 13.0. The maximum Gasteiger partial charge on any atom is 0.417 e. The first-order valence-corrected chi connectivity index (χ1v) is 8.26. The highest BCUT2D eigenvalue weighted by Crippen LogP contribution is 2.32. The Morgan fingerprint density at radius 2 is 1.64 bits per heavy atom. The number of aromatic nitrogens is 1. The number of amides is 1. The molecule has 0 aliphatic carbocycles. The predicted octanol–water partition coefficient (Wildman–Crippen LogP) is 5.19. The van der Waals surface area contributed by atoms with Crippen LogP contribution in [0, 0.1) is 0 Å². The van der Waals surface area contributed by atoms with Crippen molar-refractivity contribution in [3.63, 3.8) is 0 Å². The van der Waals surface area contributed by atoms with Gasteiger partial charge in [0, 0.05) is 18.8 Å².